The Balaban J connectivity index is 1.92. The van der Waals surface area contributed by atoms with Gasteiger partial charge in [0.05, 0.1) is 12.3 Å². The molecule has 3 rings (SSSR count). The lowest BCUT2D eigenvalue weighted by Gasteiger charge is -2.14. The minimum atomic E-state index is -4.36. The van der Waals surface area contributed by atoms with Crippen molar-refractivity contribution in [2.75, 3.05) is 17.2 Å². The summed E-state index contributed by atoms with van der Waals surface area (Å²) in [5, 5.41) is 15.3. The molecule has 0 radical (unpaired) electrons. The van der Waals surface area contributed by atoms with Gasteiger partial charge in [0, 0.05) is 28.3 Å². The average molecular weight is 420 g/mol. The molecule has 0 aliphatic heterocycles. The summed E-state index contributed by atoms with van der Waals surface area (Å²) in [6.45, 7) is 1.68. The average Bonchev–Trinajstić information content (AvgIpc) is 2.67. The van der Waals surface area contributed by atoms with E-state index < -0.39 is 5.51 Å². The quantitative estimate of drug-likeness (QED) is 0.451. The third-order valence-electron chi connectivity index (χ3n) is 3.79. The van der Waals surface area contributed by atoms with Crippen LogP contribution in [-0.2, 0) is 0 Å². The minimum Gasteiger partial charge on any atom is -0.394 e. The Bertz CT molecular complexity index is 954. The van der Waals surface area contributed by atoms with Crippen molar-refractivity contribution in [3.63, 3.8) is 0 Å². The summed E-state index contributed by atoms with van der Waals surface area (Å²) < 4.78 is 37.9. The van der Waals surface area contributed by atoms with E-state index in [1.807, 2.05) is 30.3 Å². The number of thioether (sulfide) groups is 1. The first kappa shape index (κ1) is 20.9. The maximum absolute atomic E-state index is 12.6. The van der Waals surface area contributed by atoms with Gasteiger partial charge in [-0.05, 0) is 36.9 Å². The normalized spacial score (nSPS) is 12.4. The second kappa shape index (κ2) is 9.15. The zero-order valence-corrected chi connectivity index (χ0v) is 16.3. The zero-order chi connectivity index (χ0) is 20.9. The van der Waals surface area contributed by atoms with Crippen LogP contribution in [0.5, 0.6) is 0 Å². The van der Waals surface area contributed by atoms with Gasteiger partial charge in [0.15, 0.2) is 0 Å². The maximum Gasteiger partial charge on any atom is 0.446 e. The van der Waals surface area contributed by atoms with Crippen LogP contribution < -0.4 is 10.6 Å². The highest BCUT2D eigenvalue weighted by Gasteiger charge is 2.29. The summed E-state index contributed by atoms with van der Waals surface area (Å²) >= 11 is -0.173. The Labute approximate surface area is 170 Å². The van der Waals surface area contributed by atoms with Crippen molar-refractivity contribution in [3.05, 3.63) is 60.7 Å². The zero-order valence-electron chi connectivity index (χ0n) is 15.4. The molecule has 0 aliphatic rings. The van der Waals surface area contributed by atoms with Crippen LogP contribution in [0.15, 0.2) is 65.6 Å². The van der Waals surface area contributed by atoms with Crippen LogP contribution in [0, 0.1) is 0 Å². The van der Waals surface area contributed by atoms with E-state index in [9.17, 15) is 18.3 Å². The number of hydrogen-bond donors (Lipinski definition) is 3. The third-order valence-corrected chi connectivity index (χ3v) is 4.51. The fraction of sp³-hybridized carbons (Fsp3) is 0.200. The summed E-state index contributed by atoms with van der Waals surface area (Å²) in [4.78, 5) is 8.92. The van der Waals surface area contributed by atoms with Gasteiger partial charge in [0.1, 0.15) is 5.82 Å². The lowest BCUT2D eigenvalue weighted by molar-refractivity contribution is -0.0328. The molecule has 0 saturated carbocycles. The van der Waals surface area contributed by atoms with Crippen LogP contribution in [0.3, 0.4) is 0 Å². The fourth-order valence-corrected chi connectivity index (χ4v) is 3.12. The Kier molecular flexibility index (Phi) is 6.60. The molecule has 1 aromatic heterocycles. The van der Waals surface area contributed by atoms with Gasteiger partial charge in [-0.25, -0.2) is 4.98 Å². The van der Waals surface area contributed by atoms with Gasteiger partial charge in [0.25, 0.3) is 0 Å². The lowest BCUT2D eigenvalue weighted by Crippen LogP contribution is -2.21. The van der Waals surface area contributed by atoms with Crippen molar-refractivity contribution in [1.29, 1.82) is 0 Å². The van der Waals surface area contributed by atoms with Gasteiger partial charge in [-0.15, -0.1) is 0 Å². The van der Waals surface area contributed by atoms with Gasteiger partial charge in [-0.1, -0.05) is 36.4 Å². The lowest BCUT2D eigenvalue weighted by atomic mass is 10.1. The minimum absolute atomic E-state index is 0.0760. The van der Waals surface area contributed by atoms with E-state index in [1.165, 1.54) is 12.1 Å². The highest BCUT2D eigenvalue weighted by Crippen LogP contribution is 2.37. The van der Waals surface area contributed by atoms with E-state index in [0.717, 1.165) is 5.56 Å². The number of aliphatic hydroxyl groups excluding tert-OH is 1. The maximum atomic E-state index is 12.6. The molecule has 3 N–H and O–H groups in total. The number of alkyl halides is 3. The Morgan fingerprint density at radius 2 is 1.79 bits per heavy atom. The smallest absolute Gasteiger partial charge is 0.394 e. The van der Waals surface area contributed by atoms with Crippen molar-refractivity contribution in [1.82, 2.24) is 9.97 Å². The number of aliphatic hydroxyl groups is 1. The number of anilines is 3. The largest absolute Gasteiger partial charge is 0.446 e. The van der Waals surface area contributed by atoms with Crippen LogP contribution >= 0.6 is 11.8 Å². The standard InChI is InChI=1S/C20H19F3N4OS/c1-13(12-28)24-19-26-17(14-6-3-2-4-7-14)11-18(27-19)25-15-8-5-9-16(10-15)29-20(21,22)23/h2-11,13,28H,12H2,1H3,(H2,24,25,26,27)/t13-/m0/s1. The molecular weight excluding hydrogens is 401 g/mol. The van der Waals surface area contributed by atoms with Crippen LogP contribution in [0.25, 0.3) is 11.3 Å². The number of nitrogens with zero attached hydrogens (tertiary/aromatic N) is 2. The number of hydrogen-bond acceptors (Lipinski definition) is 6. The number of nitrogens with one attached hydrogen (secondary N) is 2. The SMILES string of the molecule is C[C@@H](CO)Nc1nc(Nc2cccc(SC(F)(F)F)c2)cc(-c2ccccc2)n1. The van der Waals surface area contributed by atoms with Crippen LogP contribution in [-0.4, -0.2) is 33.2 Å². The van der Waals surface area contributed by atoms with Gasteiger partial charge in [-0.2, -0.15) is 18.2 Å². The Hall–Kier alpha value is -2.78. The van der Waals surface area contributed by atoms with Crippen molar-refractivity contribution in [2.24, 2.45) is 0 Å². The number of aromatic nitrogens is 2. The molecule has 29 heavy (non-hydrogen) atoms. The van der Waals surface area contributed by atoms with Gasteiger partial charge in [-0.3, -0.25) is 0 Å². The van der Waals surface area contributed by atoms with E-state index >= 15 is 0 Å². The summed E-state index contributed by atoms with van der Waals surface area (Å²) in [6, 6.07) is 16.9. The van der Waals surface area contributed by atoms with Crippen LogP contribution in [0.4, 0.5) is 30.6 Å². The highest BCUT2D eigenvalue weighted by atomic mass is 32.2. The Morgan fingerprint density at radius 3 is 2.48 bits per heavy atom. The molecule has 0 amide bonds. The molecule has 0 aliphatic carbocycles. The topological polar surface area (TPSA) is 70.1 Å². The summed E-state index contributed by atoms with van der Waals surface area (Å²) in [5.41, 5.74) is -2.39. The second-order valence-electron chi connectivity index (χ2n) is 6.26. The number of benzene rings is 2. The molecule has 1 heterocycles. The van der Waals surface area contributed by atoms with E-state index in [4.69, 9.17) is 0 Å². The number of halogens is 3. The van der Waals surface area contributed by atoms with Crippen molar-refractivity contribution in [3.8, 4) is 11.3 Å². The summed E-state index contributed by atoms with van der Waals surface area (Å²) in [5.74, 6) is 0.719. The molecule has 0 unspecified atom stereocenters. The van der Waals surface area contributed by atoms with Gasteiger partial charge >= 0.3 is 5.51 Å². The van der Waals surface area contributed by atoms with Crippen LogP contribution in [0.2, 0.25) is 0 Å². The number of rotatable bonds is 7. The predicted octanol–water partition coefficient (Wildman–Crippen LogP) is 5.29. The van der Waals surface area contributed by atoms with Crippen molar-refractivity contribution in [2.45, 2.75) is 23.4 Å². The van der Waals surface area contributed by atoms with Gasteiger partial charge < -0.3 is 15.7 Å². The van der Waals surface area contributed by atoms with Crippen molar-refractivity contribution < 1.29 is 18.3 Å². The molecule has 0 bridgehead atoms. The van der Waals surface area contributed by atoms with E-state index in [-0.39, 0.29) is 29.3 Å². The molecule has 0 spiro atoms. The third kappa shape index (κ3) is 6.37. The fourth-order valence-electron chi connectivity index (χ4n) is 2.52. The summed E-state index contributed by atoms with van der Waals surface area (Å²) in [6.07, 6.45) is 0. The second-order valence-corrected chi connectivity index (χ2v) is 7.40. The van der Waals surface area contributed by atoms with E-state index in [0.29, 0.717) is 23.1 Å². The molecule has 0 saturated heterocycles. The molecule has 2 aromatic carbocycles. The predicted molar refractivity (Wildman–Crippen MR) is 109 cm³/mol. The van der Waals surface area contributed by atoms with Crippen LogP contribution in [0.1, 0.15) is 6.92 Å². The van der Waals surface area contributed by atoms with E-state index in [1.54, 1.807) is 25.1 Å². The molecule has 152 valence electrons. The first-order valence-corrected chi connectivity index (χ1v) is 9.59. The van der Waals surface area contributed by atoms with E-state index in [2.05, 4.69) is 20.6 Å². The molecule has 0 fully saturated rings. The molecule has 5 nitrogen and oxygen atoms in total. The molecule has 9 heteroatoms. The first-order chi connectivity index (χ1) is 13.8. The monoisotopic (exact) mass is 420 g/mol. The van der Waals surface area contributed by atoms with Crippen molar-refractivity contribution >= 4 is 29.2 Å². The Morgan fingerprint density at radius 1 is 1.03 bits per heavy atom. The molecule has 3 aromatic rings. The molecule has 1 atom stereocenters. The summed E-state index contributed by atoms with van der Waals surface area (Å²) in [7, 11) is 0. The molecular formula is C20H19F3N4OS. The van der Waals surface area contributed by atoms with Gasteiger partial charge in [0.2, 0.25) is 5.95 Å². The first-order valence-electron chi connectivity index (χ1n) is 8.77. The highest BCUT2D eigenvalue weighted by molar-refractivity contribution is 8.00.